The molecule has 0 aromatic heterocycles. The van der Waals surface area contributed by atoms with Gasteiger partial charge < -0.3 is 15.4 Å². The van der Waals surface area contributed by atoms with E-state index in [2.05, 4.69) is 10.6 Å². The minimum atomic E-state index is 0.0273. The predicted molar refractivity (Wildman–Crippen MR) is 45.9 cm³/mol. The van der Waals surface area contributed by atoms with Gasteiger partial charge in [-0.2, -0.15) is 0 Å². The molecule has 0 bridgehead atoms. The third kappa shape index (κ3) is 3.69. The lowest BCUT2D eigenvalue weighted by atomic mass is 10.2. The summed E-state index contributed by atoms with van der Waals surface area (Å²) in [7, 11) is 0. The van der Waals surface area contributed by atoms with E-state index in [1.165, 1.54) is 6.92 Å². The van der Waals surface area contributed by atoms with Crippen molar-refractivity contribution in [3.63, 3.8) is 0 Å². The van der Waals surface area contributed by atoms with Crippen molar-refractivity contribution in [3.05, 3.63) is 0 Å². The maximum atomic E-state index is 10.5. The molecule has 1 saturated heterocycles. The van der Waals surface area contributed by atoms with Crippen molar-refractivity contribution in [2.45, 2.75) is 19.4 Å². The number of hydrogen-bond donors (Lipinski definition) is 2. The lowest BCUT2D eigenvalue weighted by molar-refractivity contribution is -0.118. The number of rotatable bonds is 4. The molecule has 2 N–H and O–H groups in total. The third-order valence-corrected chi connectivity index (χ3v) is 1.86. The highest BCUT2D eigenvalue weighted by molar-refractivity contribution is 5.72. The van der Waals surface area contributed by atoms with E-state index in [-0.39, 0.29) is 5.91 Å². The molecule has 70 valence electrons. The van der Waals surface area contributed by atoms with Gasteiger partial charge in [0.1, 0.15) is 0 Å². The van der Waals surface area contributed by atoms with Gasteiger partial charge in [-0.1, -0.05) is 0 Å². The molecule has 4 heteroatoms. The van der Waals surface area contributed by atoms with Crippen LogP contribution in [0.2, 0.25) is 0 Å². The molecule has 0 aromatic rings. The van der Waals surface area contributed by atoms with Crippen LogP contribution in [0.25, 0.3) is 0 Å². The van der Waals surface area contributed by atoms with E-state index in [9.17, 15) is 4.79 Å². The minimum Gasteiger partial charge on any atom is -0.380 e. The first-order valence-electron chi connectivity index (χ1n) is 4.34. The van der Waals surface area contributed by atoms with Crippen LogP contribution in [0.3, 0.4) is 0 Å². The molecular formula is C8H16N2O2. The summed E-state index contributed by atoms with van der Waals surface area (Å²) in [6, 6.07) is 0.485. The molecule has 0 aliphatic carbocycles. The molecule has 4 nitrogen and oxygen atoms in total. The highest BCUT2D eigenvalue weighted by atomic mass is 16.5. The highest BCUT2D eigenvalue weighted by Gasteiger charge is 2.13. The van der Waals surface area contributed by atoms with Crippen LogP contribution in [0.4, 0.5) is 0 Å². The second kappa shape index (κ2) is 5.11. The van der Waals surface area contributed by atoms with Gasteiger partial charge in [0.05, 0.1) is 6.61 Å². The average Bonchev–Trinajstić information content (AvgIpc) is 2.49. The van der Waals surface area contributed by atoms with Gasteiger partial charge in [-0.3, -0.25) is 4.79 Å². The van der Waals surface area contributed by atoms with Crippen LogP contribution >= 0.6 is 0 Å². The average molecular weight is 172 g/mol. The summed E-state index contributed by atoms with van der Waals surface area (Å²) in [5, 5.41) is 6.02. The Morgan fingerprint density at radius 2 is 2.42 bits per heavy atom. The van der Waals surface area contributed by atoms with Gasteiger partial charge in [0.2, 0.25) is 5.91 Å². The number of ether oxygens (including phenoxy) is 1. The van der Waals surface area contributed by atoms with Crippen molar-refractivity contribution in [3.8, 4) is 0 Å². The SMILES string of the molecule is CC(=O)NCCNC1CCOC1. The van der Waals surface area contributed by atoms with Gasteiger partial charge in [0.15, 0.2) is 0 Å². The molecule has 1 rings (SSSR count). The fourth-order valence-corrected chi connectivity index (χ4v) is 1.21. The van der Waals surface area contributed by atoms with Gasteiger partial charge in [-0.15, -0.1) is 0 Å². The first kappa shape index (κ1) is 9.48. The molecule has 0 aromatic carbocycles. The topological polar surface area (TPSA) is 50.4 Å². The molecule has 12 heavy (non-hydrogen) atoms. The molecule has 1 heterocycles. The zero-order valence-corrected chi connectivity index (χ0v) is 7.43. The van der Waals surface area contributed by atoms with E-state index in [1.807, 2.05) is 0 Å². The number of nitrogens with one attached hydrogen (secondary N) is 2. The second-order valence-corrected chi connectivity index (χ2v) is 3.00. The molecule has 0 spiro atoms. The maximum absolute atomic E-state index is 10.5. The first-order valence-corrected chi connectivity index (χ1v) is 4.34. The van der Waals surface area contributed by atoms with E-state index < -0.39 is 0 Å². The Hall–Kier alpha value is -0.610. The highest BCUT2D eigenvalue weighted by Crippen LogP contribution is 2.01. The molecule has 1 unspecified atom stereocenters. The Kier molecular flexibility index (Phi) is 4.04. The van der Waals surface area contributed by atoms with E-state index >= 15 is 0 Å². The van der Waals surface area contributed by atoms with Crippen LogP contribution in [0, 0.1) is 0 Å². The Morgan fingerprint density at radius 3 is 3.00 bits per heavy atom. The summed E-state index contributed by atoms with van der Waals surface area (Å²) in [4.78, 5) is 10.5. The Labute approximate surface area is 72.7 Å². The molecular weight excluding hydrogens is 156 g/mol. The number of amides is 1. The van der Waals surface area contributed by atoms with E-state index in [0.29, 0.717) is 12.6 Å². The largest absolute Gasteiger partial charge is 0.380 e. The van der Waals surface area contributed by atoms with Crippen molar-refractivity contribution in [1.82, 2.24) is 10.6 Å². The summed E-state index contributed by atoms with van der Waals surface area (Å²) >= 11 is 0. The predicted octanol–water partition coefficient (Wildman–Crippen LogP) is -0.499. The van der Waals surface area contributed by atoms with Gasteiger partial charge in [-0.05, 0) is 6.42 Å². The van der Waals surface area contributed by atoms with Gasteiger partial charge in [-0.25, -0.2) is 0 Å². The van der Waals surface area contributed by atoms with Crippen LogP contribution in [-0.2, 0) is 9.53 Å². The van der Waals surface area contributed by atoms with Crippen molar-refractivity contribution in [1.29, 1.82) is 0 Å². The molecule has 1 amide bonds. The van der Waals surface area contributed by atoms with Crippen LogP contribution in [0.5, 0.6) is 0 Å². The van der Waals surface area contributed by atoms with Crippen LogP contribution in [0.1, 0.15) is 13.3 Å². The number of carbonyl (C=O) groups is 1. The summed E-state index contributed by atoms with van der Waals surface area (Å²) in [6.45, 7) is 4.72. The van der Waals surface area contributed by atoms with Crippen molar-refractivity contribution in [2.75, 3.05) is 26.3 Å². The molecule has 1 atom stereocenters. The lowest BCUT2D eigenvalue weighted by Gasteiger charge is -2.09. The molecule has 0 saturated carbocycles. The Bertz CT molecular complexity index is 144. The second-order valence-electron chi connectivity index (χ2n) is 3.00. The third-order valence-electron chi connectivity index (χ3n) is 1.86. The molecule has 1 fully saturated rings. The quantitative estimate of drug-likeness (QED) is 0.562. The molecule has 1 aliphatic rings. The van der Waals surface area contributed by atoms with Crippen molar-refractivity contribution < 1.29 is 9.53 Å². The zero-order valence-electron chi connectivity index (χ0n) is 7.43. The maximum Gasteiger partial charge on any atom is 0.216 e. The smallest absolute Gasteiger partial charge is 0.216 e. The lowest BCUT2D eigenvalue weighted by Crippen LogP contribution is -2.36. The number of carbonyl (C=O) groups excluding carboxylic acids is 1. The van der Waals surface area contributed by atoms with Crippen LogP contribution < -0.4 is 10.6 Å². The van der Waals surface area contributed by atoms with E-state index in [0.717, 1.165) is 26.2 Å². The van der Waals surface area contributed by atoms with E-state index in [1.54, 1.807) is 0 Å². The van der Waals surface area contributed by atoms with Gasteiger partial charge in [0.25, 0.3) is 0 Å². The normalized spacial score (nSPS) is 22.6. The van der Waals surface area contributed by atoms with Gasteiger partial charge >= 0.3 is 0 Å². The molecule has 0 radical (unpaired) electrons. The Balaban J connectivity index is 1.91. The minimum absolute atomic E-state index is 0.0273. The standard InChI is InChI=1S/C8H16N2O2/c1-7(11)9-3-4-10-8-2-5-12-6-8/h8,10H,2-6H2,1H3,(H,9,11). The van der Waals surface area contributed by atoms with Crippen molar-refractivity contribution >= 4 is 5.91 Å². The summed E-state index contributed by atoms with van der Waals surface area (Å²) in [5.74, 6) is 0.0273. The fraction of sp³-hybridized carbons (Fsp3) is 0.875. The van der Waals surface area contributed by atoms with Gasteiger partial charge in [0, 0.05) is 32.7 Å². The zero-order chi connectivity index (χ0) is 8.81. The van der Waals surface area contributed by atoms with Crippen LogP contribution in [0.15, 0.2) is 0 Å². The first-order chi connectivity index (χ1) is 5.79. The Morgan fingerprint density at radius 1 is 1.58 bits per heavy atom. The number of hydrogen-bond acceptors (Lipinski definition) is 3. The van der Waals surface area contributed by atoms with Crippen LogP contribution in [-0.4, -0.2) is 38.3 Å². The fourth-order valence-electron chi connectivity index (χ4n) is 1.21. The summed E-state index contributed by atoms with van der Waals surface area (Å²) in [6.07, 6.45) is 1.08. The van der Waals surface area contributed by atoms with E-state index in [4.69, 9.17) is 4.74 Å². The monoisotopic (exact) mass is 172 g/mol. The summed E-state index contributed by atoms with van der Waals surface area (Å²) in [5.41, 5.74) is 0. The molecule has 1 aliphatic heterocycles. The van der Waals surface area contributed by atoms with Crippen molar-refractivity contribution in [2.24, 2.45) is 0 Å². The summed E-state index contributed by atoms with van der Waals surface area (Å²) < 4.78 is 5.19.